The van der Waals surface area contributed by atoms with Crippen LogP contribution in [-0.2, 0) is 9.59 Å². The average Bonchev–Trinajstić information content (AvgIpc) is 2.62. The number of nitrogens with zero attached hydrogens (tertiary/aromatic N) is 4. The highest BCUT2D eigenvalue weighted by Gasteiger charge is 2.17. The monoisotopic (exact) mass is 367 g/mol. The maximum absolute atomic E-state index is 9.53. The largest absolute Gasteiger partial charge is 0.545 e. The van der Waals surface area contributed by atoms with Crippen LogP contribution in [0.25, 0.3) is 0 Å². The molecule has 1 aromatic heterocycles. The molecule has 0 aliphatic carbocycles. The zero-order chi connectivity index (χ0) is 19.4. The number of rotatable bonds is 7. The van der Waals surface area contributed by atoms with Gasteiger partial charge in [0.2, 0.25) is 17.8 Å². The van der Waals surface area contributed by atoms with Crippen molar-refractivity contribution in [2.45, 2.75) is 13.8 Å². The van der Waals surface area contributed by atoms with Gasteiger partial charge in [0.25, 0.3) is 0 Å². The van der Waals surface area contributed by atoms with E-state index in [1.165, 1.54) is 0 Å². The summed E-state index contributed by atoms with van der Waals surface area (Å²) in [6.07, 6.45) is 0.942. The van der Waals surface area contributed by atoms with Crippen molar-refractivity contribution in [2.75, 3.05) is 54.8 Å². The van der Waals surface area contributed by atoms with E-state index in [4.69, 9.17) is 5.11 Å². The first kappa shape index (κ1) is 21.1. The quantitative estimate of drug-likeness (QED) is 0.379. The molecule has 0 amide bonds. The van der Waals surface area contributed by atoms with Crippen LogP contribution in [0.3, 0.4) is 0 Å². The maximum atomic E-state index is 9.53. The number of carboxylic acid groups (broad SMARTS) is 2. The van der Waals surface area contributed by atoms with E-state index in [1.54, 1.807) is 0 Å². The third-order valence-corrected chi connectivity index (χ3v) is 3.14. The third kappa shape index (κ3) is 8.24. The maximum Gasteiger partial charge on any atom is 0.328 e. The molecule has 2 heterocycles. The van der Waals surface area contributed by atoms with Crippen LogP contribution in [0.1, 0.15) is 13.8 Å². The Kier molecular flexibility index (Phi) is 9.39. The lowest BCUT2D eigenvalue weighted by Crippen LogP contribution is -2.89. The fourth-order valence-corrected chi connectivity index (χ4v) is 2.07. The summed E-state index contributed by atoms with van der Waals surface area (Å²) in [5.74, 6) is -0.743. The van der Waals surface area contributed by atoms with Crippen molar-refractivity contribution in [3.8, 4) is 0 Å². The van der Waals surface area contributed by atoms with Gasteiger partial charge in [-0.3, -0.25) is 0 Å². The van der Waals surface area contributed by atoms with Crippen LogP contribution >= 0.6 is 0 Å². The van der Waals surface area contributed by atoms with Crippen LogP contribution in [0.4, 0.5) is 17.8 Å². The molecule has 1 aliphatic heterocycles. The smallest absolute Gasteiger partial charge is 0.328 e. The summed E-state index contributed by atoms with van der Waals surface area (Å²) in [6, 6.07) is 0. The number of piperazine rings is 1. The van der Waals surface area contributed by atoms with Gasteiger partial charge in [0.05, 0.1) is 32.1 Å². The minimum Gasteiger partial charge on any atom is -0.545 e. The predicted molar refractivity (Wildman–Crippen MR) is 93.8 cm³/mol. The van der Waals surface area contributed by atoms with Crippen molar-refractivity contribution >= 4 is 29.8 Å². The number of nitrogens with two attached hydrogens (primary N) is 1. The minimum absolute atomic E-state index is 0.447. The average molecular weight is 367 g/mol. The first-order valence-corrected chi connectivity index (χ1v) is 8.38. The standard InChI is InChI=1S/C11H21N7.C4H4O4/c1-3-13-9-15-10(14-4-2)17-11(16-9)18-7-5-12-6-8-18;5-3(6)1-2-4(7)8/h12H,3-8H2,1-2H3,(H2,13,14,15,16,17);1-2H,(H,5,6)(H,7,8)/b;2-1+. The lowest BCUT2D eigenvalue weighted by molar-refractivity contribution is -0.655. The van der Waals surface area contributed by atoms with Gasteiger partial charge < -0.3 is 35.9 Å². The highest BCUT2D eigenvalue weighted by atomic mass is 16.4. The fraction of sp³-hybridized carbons (Fsp3) is 0.533. The molecule has 1 saturated heterocycles. The molecule has 2 rings (SSSR count). The number of hydrogen-bond donors (Lipinski definition) is 4. The van der Waals surface area contributed by atoms with Gasteiger partial charge in [-0.25, -0.2) is 4.79 Å². The molecular formula is C15H25N7O4. The third-order valence-electron chi connectivity index (χ3n) is 3.14. The molecule has 0 atom stereocenters. The van der Waals surface area contributed by atoms with Crippen LogP contribution in [0.2, 0.25) is 0 Å². The van der Waals surface area contributed by atoms with Crippen molar-refractivity contribution in [3.05, 3.63) is 12.2 Å². The summed E-state index contributed by atoms with van der Waals surface area (Å²) in [5, 5.41) is 25.8. The number of quaternary nitrogens is 1. The molecule has 0 aromatic carbocycles. The normalized spacial score (nSPS) is 13.7. The Labute approximate surface area is 151 Å². The number of aromatic nitrogens is 3. The van der Waals surface area contributed by atoms with E-state index in [1.807, 2.05) is 13.8 Å². The van der Waals surface area contributed by atoms with E-state index < -0.39 is 11.9 Å². The number of aliphatic carboxylic acids is 2. The Morgan fingerprint density at radius 3 is 2.04 bits per heavy atom. The summed E-state index contributed by atoms with van der Waals surface area (Å²) in [6.45, 7) is 9.85. The van der Waals surface area contributed by atoms with Crippen LogP contribution in [0.15, 0.2) is 12.2 Å². The Hall–Kier alpha value is -2.95. The highest BCUT2D eigenvalue weighted by Crippen LogP contribution is 2.13. The summed E-state index contributed by atoms with van der Waals surface area (Å²) in [5.41, 5.74) is 0. The van der Waals surface area contributed by atoms with Crippen molar-refractivity contribution in [1.82, 2.24) is 15.0 Å². The van der Waals surface area contributed by atoms with Crippen molar-refractivity contribution in [2.24, 2.45) is 0 Å². The molecule has 0 bridgehead atoms. The molecule has 0 spiro atoms. The molecule has 144 valence electrons. The molecule has 26 heavy (non-hydrogen) atoms. The van der Waals surface area contributed by atoms with E-state index in [0.717, 1.165) is 45.2 Å². The second-order valence-electron chi connectivity index (χ2n) is 5.19. The minimum atomic E-state index is -1.51. The molecule has 1 aliphatic rings. The van der Waals surface area contributed by atoms with Gasteiger partial charge >= 0.3 is 5.97 Å². The van der Waals surface area contributed by atoms with E-state index in [2.05, 4.69) is 35.8 Å². The molecule has 11 heteroatoms. The van der Waals surface area contributed by atoms with E-state index in [9.17, 15) is 14.7 Å². The van der Waals surface area contributed by atoms with Crippen LogP contribution in [0, 0.1) is 0 Å². The first-order chi connectivity index (χ1) is 12.5. The summed E-state index contributed by atoms with van der Waals surface area (Å²) in [4.78, 5) is 34.4. The number of nitrogens with one attached hydrogen (secondary N) is 2. The Balaban J connectivity index is 0.000000359. The highest BCUT2D eigenvalue weighted by molar-refractivity contribution is 5.88. The second-order valence-corrected chi connectivity index (χ2v) is 5.19. The van der Waals surface area contributed by atoms with Crippen LogP contribution < -0.4 is 26.0 Å². The second kappa shape index (κ2) is 11.6. The van der Waals surface area contributed by atoms with Gasteiger partial charge in [-0.2, -0.15) is 15.0 Å². The fourth-order valence-electron chi connectivity index (χ4n) is 2.07. The topological polar surface area (TPSA) is 160 Å². The number of anilines is 3. The van der Waals surface area contributed by atoms with E-state index >= 15 is 0 Å². The molecular weight excluding hydrogens is 342 g/mol. The van der Waals surface area contributed by atoms with Crippen LogP contribution in [-0.4, -0.2) is 71.3 Å². The van der Waals surface area contributed by atoms with Gasteiger partial charge in [-0.1, -0.05) is 0 Å². The number of carboxylic acids is 2. The first-order valence-electron chi connectivity index (χ1n) is 8.38. The summed E-state index contributed by atoms with van der Waals surface area (Å²) < 4.78 is 0. The van der Waals surface area contributed by atoms with Crippen molar-refractivity contribution in [1.29, 1.82) is 0 Å². The Morgan fingerprint density at radius 1 is 1.12 bits per heavy atom. The van der Waals surface area contributed by atoms with Gasteiger partial charge in [0, 0.05) is 19.2 Å². The Morgan fingerprint density at radius 2 is 1.65 bits per heavy atom. The molecule has 0 saturated carbocycles. The zero-order valence-electron chi connectivity index (χ0n) is 14.9. The molecule has 1 fully saturated rings. The summed E-state index contributed by atoms with van der Waals surface area (Å²) in [7, 11) is 0. The van der Waals surface area contributed by atoms with Gasteiger partial charge in [-0.15, -0.1) is 0 Å². The summed E-state index contributed by atoms with van der Waals surface area (Å²) >= 11 is 0. The lowest BCUT2D eigenvalue weighted by atomic mass is 10.4. The lowest BCUT2D eigenvalue weighted by Gasteiger charge is -2.25. The van der Waals surface area contributed by atoms with Crippen molar-refractivity contribution in [3.63, 3.8) is 0 Å². The number of hydrogen-bond acceptors (Lipinski definition) is 9. The molecule has 11 nitrogen and oxygen atoms in total. The SMILES string of the molecule is CCNc1nc(NCC)nc(N2CC[NH2+]CC2)n1.O=C([O-])/C=C/C(=O)O. The van der Waals surface area contributed by atoms with Gasteiger partial charge in [0.1, 0.15) is 0 Å². The number of carbonyl (C=O) groups excluding carboxylic acids is 1. The Bertz CT molecular complexity index is 578. The molecule has 1 aromatic rings. The van der Waals surface area contributed by atoms with Crippen LogP contribution in [0.5, 0.6) is 0 Å². The van der Waals surface area contributed by atoms with Crippen molar-refractivity contribution < 1.29 is 25.1 Å². The van der Waals surface area contributed by atoms with E-state index in [0.29, 0.717) is 24.0 Å². The van der Waals surface area contributed by atoms with Gasteiger partial charge in [-0.05, 0) is 19.9 Å². The van der Waals surface area contributed by atoms with E-state index in [-0.39, 0.29) is 0 Å². The van der Waals surface area contributed by atoms with Gasteiger partial charge in [0.15, 0.2) is 0 Å². The molecule has 5 N–H and O–H groups in total. The molecule has 0 radical (unpaired) electrons. The molecule has 0 unspecified atom stereocenters. The number of carbonyl (C=O) groups is 2. The zero-order valence-corrected chi connectivity index (χ0v) is 14.9. The predicted octanol–water partition coefficient (Wildman–Crippen LogP) is -2.50.